The van der Waals surface area contributed by atoms with Crippen LogP contribution < -0.4 is 0 Å². The van der Waals surface area contributed by atoms with Crippen molar-refractivity contribution in [1.82, 2.24) is 4.90 Å². The van der Waals surface area contributed by atoms with Gasteiger partial charge in [-0.15, -0.1) is 0 Å². The van der Waals surface area contributed by atoms with Crippen LogP contribution in [0.1, 0.15) is 72.1 Å². The molecule has 0 bridgehead atoms. The van der Waals surface area contributed by atoms with Crippen molar-refractivity contribution in [3.63, 3.8) is 0 Å². The second-order valence-corrected chi connectivity index (χ2v) is 9.33. The highest BCUT2D eigenvalue weighted by molar-refractivity contribution is 5.87. The molecule has 0 spiro atoms. The van der Waals surface area contributed by atoms with Crippen LogP contribution in [0.4, 0.5) is 0 Å². The van der Waals surface area contributed by atoms with Gasteiger partial charge in [-0.3, -0.25) is 9.59 Å². The minimum Gasteiger partial charge on any atom is -0.337 e. The second kappa shape index (κ2) is 5.07. The summed E-state index contributed by atoms with van der Waals surface area (Å²) in [5, 5.41) is 0. The smallest absolute Gasteiger partial charge is 0.223 e. The van der Waals surface area contributed by atoms with Crippen LogP contribution in [0.25, 0.3) is 0 Å². The number of hydrogen-bond donors (Lipinski definition) is 0. The summed E-state index contributed by atoms with van der Waals surface area (Å²) in [6.07, 6.45) is 8.24. The van der Waals surface area contributed by atoms with Gasteiger partial charge in [-0.1, -0.05) is 13.8 Å². The molecule has 4 rings (SSSR count). The standard InChI is InChI=1S/C20H31NO2/c1-13-6-10-20(3)16-7-9-19(2)15(4-5-17(19)22)14(16)8-11-21(20)18(23)12-13/h13-16H,4-12H2,1-3H3/t13-,14-,15-,16-,19-,20+/m0/s1. The zero-order valence-corrected chi connectivity index (χ0v) is 14.9. The monoisotopic (exact) mass is 317 g/mol. The van der Waals surface area contributed by atoms with Gasteiger partial charge in [-0.2, -0.15) is 0 Å². The molecule has 2 aliphatic carbocycles. The number of fused-ring (bicyclic) bond motifs is 5. The molecule has 2 saturated carbocycles. The van der Waals surface area contributed by atoms with E-state index < -0.39 is 0 Å². The predicted molar refractivity (Wildman–Crippen MR) is 89.8 cm³/mol. The summed E-state index contributed by atoms with van der Waals surface area (Å²) in [4.78, 5) is 27.5. The number of hydrogen-bond acceptors (Lipinski definition) is 2. The van der Waals surface area contributed by atoms with Crippen molar-refractivity contribution in [1.29, 1.82) is 0 Å². The van der Waals surface area contributed by atoms with Crippen LogP contribution in [0.2, 0.25) is 0 Å². The quantitative estimate of drug-likeness (QED) is 0.681. The Morgan fingerprint density at radius 1 is 1.00 bits per heavy atom. The molecule has 4 aliphatic rings. The van der Waals surface area contributed by atoms with E-state index in [1.807, 2.05) is 0 Å². The van der Waals surface area contributed by atoms with Crippen molar-refractivity contribution < 1.29 is 9.59 Å². The molecule has 128 valence electrons. The van der Waals surface area contributed by atoms with Gasteiger partial charge in [0.05, 0.1) is 0 Å². The van der Waals surface area contributed by atoms with Crippen molar-refractivity contribution in [2.24, 2.45) is 29.1 Å². The van der Waals surface area contributed by atoms with Gasteiger partial charge < -0.3 is 4.90 Å². The number of piperidine rings is 1. The Balaban J connectivity index is 1.67. The molecule has 3 nitrogen and oxygen atoms in total. The maximum Gasteiger partial charge on any atom is 0.223 e. The first-order valence-electron chi connectivity index (χ1n) is 9.70. The lowest BCUT2D eigenvalue weighted by molar-refractivity contribution is -0.154. The summed E-state index contributed by atoms with van der Waals surface area (Å²) in [5.41, 5.74) is -0.0144. The highest BCUT2D eigenvalue weighted by atomic mass is 16.2. The number of nitrogens with zero attached hydrogens (tertiary/aromatic N) is 1. The van der Waals surface area contributed by atoms with Gasteiger partial charge >= 0.3 is 0 Å². The van der Waals surface area contributed by atoms with Crippen LogP contribution >= 0.6 is 0 Å². The zero-order chi connectivity index (χ0) is 16.4. The summed E-state index contributed by atoms with van der Waals surface area (Å²) < 4.78 is 0. The van der Waals surface area contributed by atoms with E-state index >= 15 is 0 Å². The average Bonchev–Trinajstić information content (AvgIpc) is 2.75. The Morgan fingerprint density at radius 3 is 2.57 bits per heavy atom. The van der Waals surface area contributed by atoms with Gasteiger partial charge in [0.1, 0.15) is 5.78 Å². The highest BCUT2D eigenvalue weighted by Crippen LogP contribution is 2.60. The Hall–Kier alpha value is -0.860. The van der Waals surface area contributed by atoms with Crippen molar-refractivity contribution >= 4 is 11.7 Å². The molecule has 2 aliphatic heterocycles. The first kappa shape index (κ1) is 15.7. The molecular formula is C20H31NO2. The summed E-state index contributed by atoms with van der Waals surface area (Å²) in [7, 11) is 0. The molecule has 0 aromatic carbocycles. The summed E-state index contributed by atoms with van der Waals surface area (Å²) in [5.74, 6) is 3.25. The SMILES string of the molecule is C[C@H]1CC[C@]2(C)[C@H]3CC[C@]4(C)C(=O)CC[C@H]4[C@@H]3CCN2C(=O)C1. The van der Waals surface area contributed by atoms with E-state index in [9.17, 15) is 9.59 Å². The average molecular weight is 317 g/mol. The van der Waals surface area contributed by atoms with Crippen LogP contribution in [0.15, 0.2) is 0 Å². The lowest BCUT2D eigenvalue weighted by Gasteiger charge is -2.59. The third-order valence-corrected chi connectivity index (χ3v) is 8.21. The topological polar surface area (TPSA) is 37.4 Å². The van der Waals surface area contributed by atoms with E-state index in [0.717, 1.165) is 51.5 Å². The molecule has 0 radical (unpaired) electrons. The number of ketones is 1. The molecule has 3 heteroatoms. The highest BCUT2D eigenvalue weighted by Gasteiger charge is 2.60. The third kappa shape index (κ3) is 2.07. The van der Waals surface area contributed by atoms with E-state index in [-0.39, 0.29) is 11.0 Å². The fourth-order valence-electron chi connectivity index (χ4n) is 6.75. The first-order valence-corrected chi connectivity index (χ1v) is 9.70. The van der Waals surface area contributed by atoms with Crippen molar-refractivity contribution in [3.05, 3.63) is 0 Å². The molecule has 4 fully saturated rings. The Bertz CT molecular complexity index is 544. The summed E-state index contributed by atoms with van der Waals surface area (Å²) >= 11 is 0. The van der Waals surface area contributed by atoms with Gasteiger partial charge in [0.2, 0.25) is 5.91 Å². The van der Waals surface area contributed by atoms with Crippen LogP contribution in [0.5, 0.6) is 0 Å². The molecule has 0 N–H and O–H groups in total. The van der Waals surface area contributed by atoms with Crippen LogP contribution in [0.3, 0.4) is 0 Å². The van der Waals surface area contributed by atoms with Crippen molar-refractivity contribution in [3.8, 4) is 0 Å². The molecule has 1 amide bonds. The first-order chi connectivity index (χ1) is 10.9. The van der Waals surface area contributed by atoms with Gasteiger partial charge in [-0.25, -0.2) is 0 Å². The van der Waals surface area contributed by atoms with E-state index in [4.69, 9.17) is 0 Å². The van der Waals surface area contributed by atoms with Crippen LogP contribution in [-0.4, -0.2) is 28.7 Å². The van der Waals surface area contributed by atoms with Gasteiger partial charge in [0.15, 0.2) is 0 Å². The lowest BCUT2D eigenvalue weighted by Crippen LogP contribution is -2.62. The number of amides is 1. The van der Waals surface area contributed by atoms with E-state index in [0.29, 0.717) is 35.4 Å². The summed E-state index contributed by atoms with van der Waals surface area (Å²) in [6.45, 7) is 7.74. The summed E-state index contributed by atoms with van der Waals surface area (Å²) in [6, 6.07) is 0. The number of carbonyl (C=O) groups is 2. The number of carbonyl (C=O) groups excluding carboxylic acids is 2. The molecule has 23 heavy (non-hydrogen) atoms. The third-order valence-electron chi connectivity index (χ3n) is 8.21. The molecular weight excluding hydrogens is 286 g/mol. The van der Waals surface area contributed by atoms with E-state index in [1.54, 1.807) is 0 Å². The normalized spacial score (nSPS) is 50.1. The van der Waals surface area contributed by atoms with Crippen LogP contribution in [-0.2, 0) is 9.59 Å². The van der Waals surface area contributed by atoms with E-state index in [1.165, 1.54) is 6.42 Å². The van der Waals surface area contributed by atoms with Crippen molar-refractivity contribution in [2.45, 2.75) is 77.7 Å². The minimum atomic E-state index is -0.0538. The Morgan fingerprint density at radius 2 is 1.78 bits per heavy atom. The maximum absolute atomic E-state index is 12.8. The fraction of sp³-hybridized carbons (Fsp3) is 0.900. The largest absolute Gasteiger partial charge is 0.337 e. The molecule has 6 atom stereocenters. The Labute approximate surface area is 140 Å². The van der Waals surface area contributed by atoms with Gasteiger partial charge in [-0.05, 0) is 69.1 Å². The molecule has 2 heterocycles. The molecule has 0 aromatic rings. The lowest BCUT2D eigenvalue weighted by atomic mass is 9.53. The zero-order valence-electron chi connectivity index (χ0n) is 14.9. The van der Waals surface area contributed by atoms with Crippen molar-refractivity contribution in [2.75, 3.05) is 6.54 Å². The predicted octanol–water partition coefficient (Wildman–Crippen LogP) is 3.81. The Kier molecular flexibility index (Phi) is 3.45. The molecule has 2 saturated heterocycles. The van der Waals surface area contributed by atoms with E-state index in [2.05, 4.69) is 25.7 Å². The fourth-order valence-corrected chi connectivity index (χ4v) is 6.75. The van der Waals surface area contributed by atoms with Gasteiger partial charge in [0.25, 0.3) is 0 Å². The van der Waals surface area contributed by atoms with Crippen LogP contribution in [0, 0.1) is 29.1 Å². The molecule has 0 unspecified atom stereocenters. The number of rotatable bonds is 0. The maximum atomic E-state index is 12.8. The molecule has 0 aromatic heterocycles. The van der Waals surface area contributed by atoms with Gasteiger partial charge in [0, 0.05) is 30.3 Å². The minimum absolute atomic E-state index is 0.0394. The second-order valence-electron chi connectivity index (χ2n) is 9.33. The number of Topliss-reactive ketones (excluding diaryl/α,β-unsaturated/α-hetero) is 1.